The minimum Gasteiger partial charge on any atom is -0.493 e. The average Bonchev–Trinajstić information content (AvgIpc) is 2.68. The summed E-state index contributed by atoms with van der Waals surface area (Å²) in [4.78, 5) is 4.65. The van der Waals surface area contributed by atoms with E-state index in [1.165, 1.54) is 11.1 Å². The minimum absolute atomic E-state index is 0. The summed E-state index contributed by atoms with van der Waals surface area (Å²) in [5.74, 6) is 2.36. The summed E-state index contributed by atoms with van der Waals surface area (Å²) in [5.41, 5.74) is 2.49. The molecule has 2 aromatic carbocycles. The number of guanidine groups is 1. The van der Waals surface area contributed by atoms with Gasteiger partial charge in [-0.3, -0.25) is 4.99 Å². The summed E-state index contributed by atoms with van der Waals surface area (Å²) in [6, 6.07) is 16.4. The highest BCUT2D eigenvalue weighted by atomic mass is 127. The Kier molecular flexibility index (Phi) is 11.3. The Balaban J connectivity index is 0.00000364. The highest BCUT2D eigenvalue weighted by molar-refractivity contribution is 14.0. The van der Waals surface area contributed by atoms with Crippen LogP contribution in [0.1, 0.15) is 18.1 Å². The molecule has 0 saturated heterocycles. The second-order valence-electron chi connectivity index (χ2n) is 5.86. The first-order chi connectivity index (χ1) is 12.8. The summed E-state index contributed by atoms with van der Waals surface area (Å²) < 4.78 is 10.6. The Labute approximate surface area is 179 Å². The maximum atomic E-state index is 5.36. The third-order valence-electron chi connectivity index (χ3n) is 4.01. The standard InChI is InChI=1S/C21H29N3O2.HI/c1-4-22-21(23-14-12-17-8-6-5-7-9-17)24-15-13-18-10-11-19(25-2)20(16-18)26-3;/h5-11,16H,4,12-15H2,1-3H3,(H2,22,23,24);1H. The molecular formula is C21H30IN3O2. The second-order valence-corrected chi connectivity index (χ2v) is 5.86. The Morgan fingerprint density at radius 1 is 0.889 bits per heavy atom. The number of halogens is 1. The van der Waals surface area contributed by atoms with Crippen molar-refractivity contribution in [3.63, 3.8) is 0 Å². The summed E-state index contributed by atoms with van der Waals surface area (Å²) >= 11 is 0. The Morgan fingerprint density at radius 2 is 1.63 bits per heavy atom. The van der Waals surface area contributed by atoms with E-state index < -0.39 is 0 Å². The van der Waals surface area contributed by atoms with E-state index in [0.29, 0.717) is 0 Å². The zero-order valence-corrected chi connectivity index (χ0v) is 18.7. The zero-order chi connectivity index (χ0) is 18.6. The van der Waals surface area contributed by atoms with Crippen molar-refractivity contribution < 1.29 is 9.47 Å². The molecule has 0 atom stereocenters. The van der Waals surface area contributed by atoms with E-state index in [9.17, 15) is 0 Å². The molecule has 0 radical (unpaired) electrons. The lowest BCUT2D eigenvalue weighted by Crippen LogP contribution is -2.38. The lowest BCUT2D eigenvalue weighted by atomic mass is 10.1. The van der Waals surface area contributed by atoms with Crippen LogP contribution in [0.2, 0.25) is 0 Å². The van der Waals surface area contributed by atoms with Crippen molar-refractivity contribution in [1.29, 1.82) is 0 Å². The van der Waals surface area contributed by atoms with Crippen LogP contribution in [-0.2, 0) is 12.8 Å². The molecule has 0 aromatic heterocycles. The van der Waals surface area contributed by atoms with E-state index in [0.717, 1.165) is 49.9 Å². The van der Waals surface area contributed by atoms with Gasteiger partial charge in [-0.05, 0) is 43.0 Å². The number of aliphatic imine (C=N–C) groups is 1. The first-order valence-corrected chi connectivity index (χ1v) is 9.03. The van der Waals surface area contributed by atoms with Crippen molar-refractivity contribution in [2.24, 2.45) is 4.99 Å². The van der Waals surface area contributed by atoms with Crippen LogP contribution in [0.3, 0.4) is 0 Å². The molecule has 0 amide bonds. The van der Waals surface area contributed by atoms with Gasteiger partial charge in [0, 0.05) is 19.6 Å². The van der Waals surface area contributed by atoms with Gasteiger partial charge in [0.1, 0.15) is 0 Å². The van der Waals surface area contributed by atoms with Crippen LogP contribution >= 0.6 is 24.0 Å². The summed E-state index contributed by atoms with van der Waals surface area (Å²) in [5, 5.41) is 6.68. The SMILES string of the molecule is CCNC(=NCCc1ccccc1)NCCc1ccc(OC)c(OC)c1.I. The van der Waals surface area contributed by atoms with Crippen molar-refractivity contribution in [1.82, 2.24) is 10.6 Å². The molecule has 0 bridgehead atoms. The molecule has 2 N–H and O–H groups in total. The van der Waals surface area contributed by atoms with Crippen LogP contribution in [0, 0.1) is 0 Å². The third kappa shape index (κ3) is 8.07. The Hall–Kier alpha value is -1.96. The van der Waals surface area contributed by atoms with Gasteiger partial charge in [-0.2, -0.15) is 0 Å². The zero-order valence-electron chi connectivity index (χ0n) is 16.3. The van der Waals surface area contributed by atoms with Gasteiger partial charge in [0.2, 0.25) is 0 Å². The third-order valence-corrected chi connectivity index (χ3v) is 4.01. The molecule has 2 rings (SSSR count). The van der Waals surface area contributed by atoms with E-state index in [-0.39, 0.29) is 24.0 Å². The normalized spacial score (nSPS) is 10.7. The fraction of sp³-hybridized carbons (Fsp3) is 0.381. The molecule has 6 heteroatoms. The van der Waals surface area contributed by atoms with Crippen molar-refractivity contribution >= 4 is 29.9 Å². The van der Waals surface area contributed by atoms with Gasteiger partial charge in [0.15, 0.2) is 17.5 Å². The monoisotopic (exact) mass is 483 g/mol. The fourth-order valence-corrected chi connectivity index (χ4v) is 2.64. The predicted molar refractivity (Wildman–Crippen MR) is 123 cm³/mol. The lowest BCUT2D eigenvalue weighted by molar-refractivity contribution is 0.354. The summed E-state index contributed by atoms with van der Waals surface area (Å²) in [6.45, 7) is 4.47. The number of hydrogen-bond donors (Lipinski definition) is 2. The molecule has 0 aliphatic rings. The maximum absolute atomic E-state index is 5.36. The smallest absolute Gasteiger partial charge is 0.191 e. The van der Waals surface area contributed by atoms with Gasteiger partial charge in [0.05, 0.1) is 14.2 Å². The van der Waals surface area contributed by atoms with Gasteiger partial charge in [0.25, 0.3) is 0 Å². The van der Waals surface area contributed by atoms with Crippen molar-refractivity contribution in [2.75, 3.05) is 33.9 Å². The molecule has 0 spiro atoms. The van der Waals surface area contributed by atoms with E-state index in [1.54, 1.807) is 14.2 Å². The number of nitrogens with zero attached hydrogens (tertiary/aromatic N) is 1. The molecule has 5 nitrogen and oxygen atoms in total. The van der Waals surface area contributed by atoms with Gasteiger partial charge in [-0.25, -0.2) is 0 Å². The van der Waals surface area contributed by atoms with Crippen LogP contribution in [0.15, 0.2) is 53.5 Å². The predicted octanol–water partition coefficient (Wildman–Crippen LogP) is 3.66. The Morgan fingerprint density at radius 3 is 2.30 bits per heavy atom. The van der Waals surface area contributed by atoms with Gasteiger partial charge in [-0.1, -0.05) is 36.4 Å². The molecule has 27 heavy (non-hydrogen) atoms. The molecule has 0 heterocycles. The van der Waals surface area contributed by atoms with Crippen LogP contribution in [-0.4, -0.2) is 39.8 Å². The van der Waals surface area contributed by atoms with E-state index in [4.69, 9.17) is 9.47 Å². The molecule has 0 aliphatic carbocycles. The molecule has 148 valence electrons. The average molecular weight is 483 g/mol. The number of rotatable bonds is 9. The minimum atomic E-state index is 0. The van der Waals surface area contributed by atoms with Gasteiger partial charge < -0.3 is 20.1 Å². The molecule has 0 unspecified atom stereocenters. The quantitative estimate of drug-likeness (QED) is 0.325. The van der Waals surface area contributed by atoms with Gasteiger partial charge >= 0.3 is 0 Å². The largest absolute Gasteiger partial charge is 0.493 e. The van der Waals surface area contributed by atoms with Gasteiger partial charge in [-0.15, -0.1) is 24.0 Å². The van der Waals surface area contributed by atoms with E-state index in [1.807, 2.05) is 18.2 Å². The van der Waals surface area contributed by atoms with Crippen LogP contribution in [0.5, 0.6) is 11.5 Å². The summed E-state index contributed by atoms with van der Waals surface area (Å²) in [7, 11) is 3.30. The highest BCUT2D eigenvalue weighted by Crippen LogP contribution is 2.27. The number of nitrogens with one attached hydrogen (secondary N) is 2. The first-order valence-electron chi connectivity index (χ1n) is 9.03. The van der Waals surface area contributed by atoms with E-state index in [2.05, 4.69) is 52.9 Å². The molecule has 0 saturated carbocycles. The lowest BCUT2D eigenvalue weighted by Gasteiger charge is -2.12. The number of methoxy groups -OCH3 is 2. The molecule has 0 aliphatic heterocycles. The van der Waals surface area contributed by atoms with Crippen LogP contribution in [0.4, 0.5) is 0 Å². The number of hydrogen-bond acceptors (Lipinski definition) is 3. The molecule has 2 aromatic rings. The highest BCUT2D eigenvalue weighted by Gasteiger charge is 2.05. The molecule has 0 fully saturated rings. The van der Waals surface area contributed by atoms with Crippen molar-refractivity contribution in [3.05, 3.63) is 59.7 Å². The first kappa shape index (κ1) is 23.1. The van der Waals surface area contributed by atoms with Crippen molar-refractivity contribution in [2.45, 2.75) is 19.8 Å². The van der Waals surface area contributed by atoms with E-state index >= 15 is 0 Å². The maximum Gasteiger partial charge on any atom is 0.191 e. The molecular weight excluding hydrogens is 453 g/mol. The summed E-state index contributed by atoms with van der Waals surface area (Å²) in [6.07, 6.45) is 1.82. The number of ether oxygens (including phenoxy) is 2. The topological polar surface area (TPSA) is 54.9 Å². The fourth-order valence-electron chi connectivity index (χ4n) is 2.64. The van der Waals surface area contributed by atoms with Crippen molar-refractivity contribution in [3.8, 4) is 11.5 Å². The Bertz CT molecular complexity index is 693. The second kappa shape index (κ2) is 13.2. The van der Waals surface area contributed by atoms with Crippen LogP contribution in [0.25, 0.3) is 0 Å². The number of benzene rings is 2. The van der Waals surface area contributed by atoms with Crippen LogP contribution < -0.4 is 20.1 Å².